The van der Waals surface area contributed by atoms with Gasteiger partial charge in [0.15, 0.2) is 5.82 Å². The fraction of sp³-hybridized carbons (Fsp3) is 0.526. The average molecular weight is 374 g/mol. The van der Waals surface area contributed by atoms with Gasteiger partial charge in [-0.3, -0.25) is 0 Å². The Labute approximate surface area is 159 Å². The maximum atomic E-state index is 12.1. The number of rotatable bonds is 4. The van der Waals surface area contributed by atoms with Crippen LogP contribution in [0.15, 0.2) is 30.6 Å². The molecule has 2 aromatic heterocycles. The first kappa shape index (κ1) is 19.0. The minimum absolute atomic E-state index is 0.129. The van der Waals surface area contributed by atoms with Crippen molar-refractivity contribution in [2.24, 2.45) is 0 Å². The van der Waals surface area contributed by atoms with Crippen molar-refractivity contribution in [1.82, 2.24) is 14.8 Å². The molecule has 1 fully saturated rings. The van der Waals surface area contributed by atoms with Crippen LogP contribution in [0.5, 0.6) is 11.6 Å². The zero-order valence-electron chi connectivity index (χ0n) is 16.2. The van der Waals surface area contributed by atoms with E-state index in [2.05, 4.69) is 15.0 Å². The first-order valence-corrected chi connectivity index (χ1v) is 9.05. The number of aromatic nitrogens is 3. The summed E-state index contributed by atoms with van der Waals surface area (Å²) in [5.74, 6) is 2.08. The zero-order valence-corrected chi connectivity index (χ0v) is 16.2. The van der Waals surface area contributed by atoms with Crippen molar-refractivity contribution in [2.75, 3.05) is 25.1 Å². The maximum absolute atomic E-state index is 12.1. The summed E-state index contributed by atoms with van der Waals surface area (Å²) in [6.45, 7) is 7.11. The molecular formula is C19H26N4O4. The average Bonchev–Trinajstić information content (AvgIpc) is 3.12. The Morgan fingerprint density at radius 1 is 1.19 bits per heavy atom. The summed E-state index contributed by atoms with van der Waals surface area (Å²) < 4.78 is 17.6. The molecule has 1 aliphatic heterocycles. The summed E-state index contributed by atoms with van der Waals surface area (Å²) in [4.78, 5) is 18.4. The second-order valence-electron chi connectivity index (χ2n) is 7.44. The van der Waals surface area contributed by atoms with Gasteiger partial charge in [-0.25, -0.2) is 9.78 Å². The molecule has 2 aromatic rings. The van der Waals surface area contributed by atoms with Crippen molar-refractivity contribution in [3.63, 3.8) is 0 Å². The third-order valence-corrected chi connectivity index (χ3v) is 4.14. The van der Waals surface area contributed by atoms with E-state index in [0.29, 0.717) is 5.88 Å². The monoisotopic (exact) mass is 374 g/mol. The number of anilines is 1. The smallest absolute Gasteiger partial charge is 0.435 e. The molecule has 0 amide bonds. The van der Waals surface area contributed by atoms with E-state index in [9.17, 15) is 4.79 Å². The van der Waals surface area contributed by atoms with E-state index < -0.39 is 11.7 Å². The Kier molecular flexibility index (Phi) is 5.53. The first-order chi connectivity index (χ1) is 12.8. The Morgan fingerprint density at radius 2 is 1.93 bits per heavy atom. The molecule has 0 radical (unpaired) electrons. The number of carbonyl (C=O) groups is 1. The van der Waals surface area contributed by atoms with Crippen LogP contribution in [0.3, 0.4) is 0 Å². The molecule has 3 heterocycles. The van der Waals surface area contributed by atoms with E-state index in [-0.39, 0.29) is 6.10 Å². The van der Waals surface area contributed by atoms with Gasteiger partial charge in [0.25, 0.3) is 0 Å². The lowest BCUT2D eigenvalue weighted by molar-refractivity contribution is 0.0514. The lowest BCUT2D eigenvalue weighted by atomic mass is 10.1. The number of methoxy groups -OCH3 is 1. The Balaban J connectivity index is 1.52. The quantitative estimate of drug-likeness (QED) is 0.813. The van der Waals surface area contributed by atoms with Crippen molar-refractivity contribution >= 4 is 11.9 Å². The van der Waals surface area contributed by atoms with Crippen LogP contribution in [0.2, 0.25) is 0 Å². The van der Waals surface area contributed by atoms with Crippen LogP contribution >= 0.6 is 0 Å². The van der Waals surface area contributed by atoms with Gasteiger partial charge in [0.05, 0.1) is 13.3 Å². The minimum Gasteiger partial charge on any atom is -0.489 e. The number of hydrogen-bond donors (Lipinski definition) is 0. The van der Waals surface area contributed by atoms with E-state index in [0.717, 1.165) is 37.5 Å². The van der Waals surface area contributed by atoms with Crippen molar-refractivity contribution in [1.29, 1.82) is 0 Å². The van der Waals surface area contributed by atoms with Crippen molar-refractivity contribution in [2.45, 2.75) is 45.3 Å². The molecule has 0 atom stereocenters. The van der Waals surface area contributed by atoms with Gasteiger partial charge in [-0.1, -0.05) is 0 Å². The molecule has 27 heavy (non-hydrogen) atoms. The van der Waals surface area contributed by atoms with Crippen LogP contribution in [-0.4, -0.2) is 52.8 Å². The molecule has 3 rings (SSSR count). The topological polar surface area (TPSA) is 78.7 Å². The van der Waals surface area contributed by atoms with Crippen molar-refractivity contribution in [3.8, 4) is 11.6 Å². The van der Waals surface area contributed by atoms with Crippen LogP contribution < -0.4 is 14.4 Å². The van der Waals surface area contributed by atoms with Gasteiger partial charge in [-0.2, -0.15) is 4.68 Å². The highest BCUT2D eigenvalue weighted by Gasteiger charge is 2.24. The van der Waals surface area contributed by atoms with E-state index in [1.165, 1.54) is 4.68 Å². The molecule has 0 bridgehead atoms. The molecular weight excluding hydrogens is 348 g/mol. The Morgan fingerprint density at radius 3 is 2.52 bits per heavy atom. The van der Waals surface area contributed by atoms with Crippen molar-refractivity contribution in [3.05, 3.63) is 30.6 Å². The number of carbonyl (C=O) groups excluding carboxylic acids is 1. The highest BCUT2D eigenvalue weighted by Crippen LogP contribution is 2.23. The number of pyridine rings is 1. The lowest BCUT2D eigenvalue weighted by Crippen LogP contribution is -2.38. The molecule has 0 spiro atoms. The largest absolute Gasteiger partial charge is 0.489 e. The van der Waals surface area contributed by atoms with Crippen LogP contribution in [-0.2, 0) is 4.74 Å². The van der Waals surface area contributed by atoms with Crippen LogP contribution in [0.1, 0.15) is 33.6 Å². The second-order valence-corrected chi connectivity index (χ2v) is 7.44. The predicted octanol–water partition coefficient (Wildman–Crippen LogP) is 3.12. The fourth-order valence-electron chi connectivity index (χ4n) is 2.85. The molecule has 1 aliphatic rings. The van der Waals surface area contributed by atoms with E-state index >= 15 is 0 Å². The molecule has 8 nitrogen and oxygen atoms in total. The van der Waals surface area contributed by atoms with Gasteiger partial charge in [0.1, 0.15) is 17.5 Å². The van der Waals surface area contributed by atoms with Gasteiger partial charge in [-0.15, -0.1) is 5.10 Å². The van der Waals surface area contributed by atoms with Crippen LogP contribution in [0.4, 0.5) is 10.6 Å². The zero-order chi connectivity index (χ0) is 19.4. The Bertz CT molecular complexity index is 759. The standard InChI is InChI=1S/C19H26N4O4/c1-19(2,3)27-18(24)23-12-9-16(21-23)22-10-7-14(8-11-22)26-15-5-6-17(25-4)20-13-15/h5-6,9,12-14H,7-8,10-11H2,1-4H3. The molecule has 0 aliphatic carbocycles. The van der Waals surface area contributed by atoms with Gasteiger partial charge in [0.2, 0.25) is 5.88 Å². The summed E-state index contributed by atoms with van der Waals surface area (Å²) in [7, 11) is 1.59. The molecule has 0 saturated carbocycles. The molecule has 0 unspecified atom stereocenters. The number of nitrogens with zero attached hydrogens (tertiary/aromatic N) is 4. The SMILES string of the molecule is COc1ccc(OC2CCN(c3ccn(C(=O)OC(C)(C)C)n3)CC2)cn1. The third kappa shape index (κ3) is 5.12. The number of hydrogen-bond acceptors (Lipinski definition) is 7. The maximum Gasteiger partial charge on any atom is 0.435 e. The normalized spacial score (nSPS) is 15.5. The molecule has 0 aromatic carbocycles. The first-order valence-electron chi connectivity index (χ1n) is 9.05. The lowest BCUT2D eigenvalue weighted by Gasteiger charge is -2.32. The van der Waals surface area contributed by atoms with Gasteiger partial charge in [0, 0.05) is 44.3 Å². The predicted molar refractivity (Wildman–Crippen MR) is 101 cm³/mol. The third-order valence-electron chi connectivity index (χ3n) is 4.14. The molecule has 8 heteroatoms. The molecule has 146 valence electrons. The fourth-order valence-corrected chi connectivity index (χ4v) is 2.85. The summed E-state index contributed by atoms with van der Waals surface area (Å²) >= 11 is 0. The summed E-state index contributed by atoms with van der Waals surface area (Å²) in [6, 6.07) is 5.48. The van der Waals surface area contributed by atoms with Crippen molar-refractivity contribution < 1.29 is 19.0 Å². The van der Waals surface area contributed by atoms with E-state index in [4.69, 9.17) is 14.2 Å². The summed E-state index contributed by atoms with van der Waals surface area (Å²) in [6.07, 6.45) is 4.70. The second kappa shape index (κ2) is 7.85. The highest BCUT2D eigenvalue weighted by molar-refractivity contribution is 5.70. The molecule has 1 saturated heterocycles. The number of piperidine rings is 1. The van der Waals surface area contributed by atoms with Gasteiger partial charge < -0.3 is 19.1 Å². The van der Waals surface area contributed by atoms with Crippen LogP contribution in [0, 0.1) is 0 Å². The Hall–Kier alpha value is -2.77. The molecule has 0 N–H and O–H groups in total. The van der Waals surface area contributed by atoms with E-state index in [1.807, 2.05) is 32.9 Å². The minimum atomic E-state index is -0.546. The number of ether oxygens (including phenoxy) is 3. The van der Waals surface area contributed by atoms with E-state index in [1.54, 1.807) is 25.6 Å². The highest BCUT2D eigenvalue weighted by atomic mass is 16.6. The summed E-state index contributed by atoms with van der Waals surface area (Å²) in [5, 5.41) is 4.35. The van der Waals surface area contributed by atoms with Gasteiger partial charge in [-0.05, 0) is 26.8 Å². The van der Waals surface area contributed by atoms with Gasteiger partial charge >= 0.3 is 6.09 Å². The summed E-state index contributed by atoms with van der Waals surface area (Å²) in [5.41, 5.74) is -0.546. The van der Waals surface area contributed by atoms with Crippen LogP contribution in [0.25, 0.3) is 0 Å².